The van der Waals surface area contributed by atoms with E-state index in [0.717, 1.165) is 21.8 Å². The van der Waals surface area contributed by atoms with E-state index in [2.05, 4.69) is 20.4 Å². The van der Waals surface area contributed by atoms with Gasteiger partial charge in [0.25, 0.3) is 23.0 Å². The molecule has 0 aliphatic carbocycles. The highest BCUT2D eigenvalue weighted by Gasteiger charge is 2.40. The fourth-order valence-electron chi connectivity index (χ4n) is 4.76. The SMILES string of the molecule is O=[N+]([O-])c1ccccc1/C=N/n1c(C(F)(F)F)nn(CN2CCN(Cn3nc(C(F)(F)F)n(/N=C/c4ccccc4[N+](=O)[O-])c3=S)CC2)c1=S. The summed E-state index contributed by atoms with van der Waals surface area (Å²) >= 11 is 10.4. The average Bonchev–Trinajstić information content (AvgIpc) is 3.55. The van der Waals surface area contributed by atoms with Gasteiger partial charge in [-0.25, -0.2) is 9.36 Å². The zero-order valence-electron chi connectivity index (χ0n) is 25.1. The number of rotatable bonds is 10. The van der Waals surface area contributed by atoms with Crippen LogP contribution in [0, 0.1) is 29.8 Å². The van der Waals surface area contributed by atoms with Crippen LogP contribution in [0.25, 0.3) is 0 Å². The first-order valence-corrected chi connectivity index (χ1v) is 14.9. The first-order chi connectivity index (χ1) is 23.5. The zero-order chi connectivity index (χ0) is 36.4. The number of piperazine rings is 1. The number of aromatic nitrogens is 6. The molecule has 0 unspecified atom stereocenters. The molecule has 0 radical (unpaired) electrons. The minimum absolute atomic E-state index is 0.0596. The van der Waals surface area contributed by atoms with Crippen molar-refractivity contribution in [2.24, 2.45) is 10.2 Å². The van der Waals surface area contributed by atoms with E-state index >= 15 is 0 Å². The van der Waals surface area contributed by atoms with Crippen LogP contribution < -0.4 is 0 Å². The van der Waals surface area contributed by atoms with Crippen molar-refractivity contribution in [1.82, 2.24) is 38.7 Å². The van der Waals surface area contributed by atoms with E-state index < -0.39 is 43.4 Å². The van der Waals surface area contributed by atoms with Crippen LogP contribution in [0.15, 0.2) is 58.7 Å². The number of hydrogen-bond acceptors (Lipinski definition) is 12. The summed E-state index contributed by atoms with van der Waals surface area (Å²) in [7, 11) is 0. The number of nitro benzene ring substituents is 2. The van der Waals surface area contributed by atoms with E-state index in [1.54, 1.807) is 9.80 Å². The Balaban J connectivity index is 1.30. The lowest BCUT2D eigenvalue weighted by Crippen LogP contribution is -2.47. The summed E-state index contributed by atoms with van der Waals surface area (Å²) < 4.78 is 84.8. The molecule has 264 valence electrons. The van der Waals surface area contributed by atoms with Crippen LogP contribution in [0.5, 0.6) is 0 Å². The lowest BCUT2D eigenvalue weighted by molar-refractivity contribution is -0.385. The number of hydrogen-bond donors (Lipinski definition) is 0. The summed E-state index contributed by atoms with van der Waals surface area (Å²) in [6.07, 6.45) is -8.20. The first kappa shape index (κ1) is 36.1. The number of para-hydroxylation sites is 2. The molecule has 0 bridgehead atoms. The quantitative estimate of drug-likeness (QED) is 0.0711. The molecule has 16 nitrogen and oxygen atoms in total. The van der Waals surface area contributed by atoms with Gasteiger partial charge < -0.3 is 0 Å². The largest absolute Gasteiger partial charge is 0.453 e. The van der Waals surface area contributed by atoms with Gasteiger partial charge >= 0.3 is 12.4 Å². The Morgan fingerprint density at radius 1 is 0.680 bits per heavy atom. The van der Waals surface area contributed by atoms with Crippen molar-refractivity contribution in [1.29, 1.82) is 0 Å². The van der Waals surface area contributed by atoms with E-state index in [4.69, 9.17) is 24.4 Å². The third-order valence-corrected chi connectivity index (χ3v) is 7.93. The highest BCUT2D eigenvalue weighted by Crippen LogP contribution is 2.30. The molecule has 1 fully saturated rings. The van der Waals surface area contributed by atoms with E-state index in [9.17, 15) is 46.6 Å². The minimum atomic E-state index is -4.98. The second-order valence-electron chi connectivity index (χ2n) is 10.5. The van der Waals surface area contributed by atoms with E-state index in [0.29, 0.717) is 9.35 Å². The predicted octanol–water partition coefficient (Wildman–Crippen LogP) is 4.99. The summed E-state index contributed by atoms with van der Waals surface area (Å²) in [6, 6.07) is 10.6. The van der Waals surface area contributed by atoms with Gasteiger partial charge in [0.15, 0.2) is 0 Å². The summed E-state index contributed by atoms with van der Waals surface area (Å²) in [5, 5.41) is 37.2. The van der Waals surface area contributed by atoms with Gasteiger partial charge in [-0.1, -0.05) is 24.3 Å². The maximum Gasteiger partial charge on any atom is 0.453 e. The molecule has 2 aromatic carbocycles. The van der Waals surface area contributed by atoms with Crippen molar-refractivity contribution < 1.29 is 36.2 Å². The van der Waals surface area contributed by atoms with Gasteiger partial charge in [-0.2, -0.15) is 45.9 Å². The van der Waals surface area contributed by atoms with Crippen LogP contribution in [0.3, 0.4) is 0 Å². The highest BCUT2D eigenvalue weighted by molar-refractivity contribution is 7.71. The molecule has 0 amide bonds. The molecule has 24 heteroatoms. The third kappa shape index (κ3) is 7.98. The van der Waals surface area contributed by atoms with Crippen LogP contribution in [0.4, 0.5) is 37.7 Å². The summed E-state index contributed by atoms with van der Waals surface area (Å²) in [5.74, 6) is -2.91. The number of benzene rings is 2. The van der Waals surface area contributed by atoms with E-state index in [1.165, 1.54) is 48.5 Å². The van der Waals surface area contributed by atoms with Crippen molar-refractivity contribution in [3.8, 4) is 0 Å². The molecule has 0 atom stereocenters. The van der Waals surface area contributed by atoms with Gasteiger partial charge in [-0.05, 0) is 36.6 Å². The predicted molar refractivity (Wildman–Crippen MR) is 167 cm³/mol. The molecule has 0 saturated carbocycles. The van der Waals surface area contributed by atoms with Gasteiger partial charge in [0.05, 0.1) is 46.7 Å². The molecule has 1 aliphatic rings. The number of halogens is 6. The van der Waals surface area contributed by atoms with Crippen LogP contribution in [0.1, 0.15) is 22.8 Å². The smallest absolute Gasteiger partial charge is 0.282 e. The fraction of sp³-hybridized carbons (Fsp3) is 0.308. The molecule has 50 heavy (non-hydrogen) atoms. The van der Waals surface area contributed by atoms with Crippen molar-refractivity contribution in [2.75, 3.05) is 26.2 Å². The Hall–Kier alpha value is -5.20. The van der Waals surface area contributed by atoms with Gasteiger partial charge in [-0.3, -0.25) is 30.0 Å². The maximum absolute atomic E-state index is 13.9. The van der Waals surface area contributed by atoms with Gasteiger partial charge in [0.1, 0.15) is 0 Å². The van der Waals surface area contributed by atoms with Crippen LogP contribution in [0.2, 0.25) is 0 Å². The van der Waals surface area contributed by atoms with Gasteiger partial charge in [-0.15, -0.1) is 10.2 Å². The minimum Gasteiger partial charge on any atom is -0.282 e. The molecular formula is C26H22F6N12O4S2. The second kappa shape index (κ2) is 14.3. The lowest BCUT2D eigenvalue weighted by atomic mass is 10.2. The Kier molecular flexibility index (Phi) is 10.4. The second-order valence-corrected chi connectivity index (χ2v) is 11.2. The molecule has 0 N–H and O–H groups in total. The highest BCUT2D eigenvalue weighted by atomic mass is 32.1. The average molecular weight is 745 g/mol. The summed E-state index contributed by atoms with van der Waals surface area (Å²) in [4.78, 5) is 24.6. The molecule has 4 aromatic rings. The Labute approximate surface area is 286 Å². The molecule has 0 spiro atoms. The molecule has 3 heterocycles. The summed E-state index contributed by atoms with van der Waals surface area (Å²) in [5.41, 5.74) is -0.877. The zero-order valence-corrected chi connectivity index (χ0v) is 26.7. The van der Waals surface area contributed by atoms with Crippen molar-refractivity contribution >= 4 is 48.2 Å². The molecule has 2 aromatic heterocycles. The topological polar surface area (TPSA) is 163 Å². The third-order valence-electron chi connectivity index (χ3n) is 7.17. The van der Waals surface area contributed by atoms with Crippen LogP contribution >= 0.6 is 24.4 Å². The Morgan fingerprint density at radius 3 is 1.34 bits per heavy atom. The number of nitro groups is 2. The van der Waals surface area contributed by atoms with E-state index in [1.807, 2.05) is 0 Å². The molecule has 5 rings (SSSR count). The molecule has 1 saturated heterocycles. The normalized spacial score (nSPS) is 15.0. The lowest BCUT2D eigenvalue weighted by Gasteiger charge is -2.34. The Bertz CT molecular complexity index is 1950. The van der Waals surface area contributed by atoms with Crippen LogP contribution in [-0.2, 0) is 25.7 Å². The van der Waals surface area contributed by atoms with Crippen molar-refractivity contribution in [3.05, 3.63) is 101 Å². The fourth-order valence-corrected chi connectivity index (χ4v) is 5.23. The molecular weight excluding hydrogens is 722 g/mol. The van der Waals surface area contributed by atoms with Gasteiger partial charge in [0, 0.05) is 38.3 Å². The number of alkyl halides is 6. The van der Waals surface area contributed by atoms with Gasteiger partial charge in [0.2, 0.25) is 9.54 Å². The van der Waals surface area contributed by atoms with Crippen LogP contribution in [-0.4, -0.2) is 87.2 Å². The Morgan fingerprint density at radius 2 is 1.02 bits per heavy atom. The maximum atomic E-state index is 13.9. The standard InChI is InChI=1S/C26H22F6N12O4S2/c27-25(28,29)21-35-39(23(49)41(21)33-13-17-5-1-3-7-19(17)43(45)46)15-37-9-11-38(12-10-37)16-40-24(50)42(22(36-40)26(30,31)32)34-14-18-6-2-4-8-20(18)44(47)48/h1-8,13-14H,9-12,15-16H2/b33-13+,34-14+. The first-order valence-electron chi connectivity index (χ1n) is 14.1. The summed E-state index contributed by atoms with van der Waals surface area (Å²) in [6.45, 7) is 0.514. The number of nitrogens with zero attached hydrogens (tertiary/aromatic N) is 12. The van der Waals surface area contributed by atoms with E-state index in [-0.39, 0.29) is 62.0 Å². The van der Waals surface area contributed by atoms with Crippen molar-refractivity contribution in [3.63, 3.8) is 0 Å². The monoisotopic (exact) mass is 744 g/mol. The molecule has 1 aliphatic heterocycles. The van der Waals surface area contributed by atoms with Crippen molar-refractivity contribution in [2.45, 2.75) is 25.7 Å².